The van der Waals surface area contributed by atoms with E-state index in [1.54, 1.807) is 0 Å². The highest BCUT2D eigenvalue weighted by molar-refractivity contribution is 5.74. The lowest BCUT2D eigenvalue weighted by atomic mass is 9.77. The predicted molar refractivity (Wildman–Crippen MR) is 95.8 cm³/mol. The molecule has 0 unspecified atom stereocenters. The number of amides is 2. The smallest absolute Gasteiger partial charge is 0.315 e. The number of hydrogen-bond acceptors (Lipinski definition) is 2. The van der Waals surface area contributed by atoms with Gasteiger partial charge in [0, 0.05) is 19.1 Å². The van der Waals surface area contributed by atoms with Gasteiger partial charge in [0.1, 0.15) is 0 Å². The molecule has 0 aromatic heterocycles. The Morgan fingerprint density at radius 2 is 1.92 bits per heavy atom. The highest BCUT2D eigenvalue weighted by Gasteiger charge is 2.34. The second kappa shape index (κ2) is 7.14. The van der Waals surface area contributed by atoms with E-state index in [-0.39, 0.29) is 12.1 Å². The Hall–Kier alpha value is -1.55. The third kappa shape index (κ3) is 3.75. The minimum absolute atomic E-state index is 0.000579. The van der Waals surface area contributed by atoms with E-state index in [1.807, 2.05) is 6.07 Å². The molecule has 2 saturated carbocycles. The lowest BCUT2D eigenvalue weighted by Crippen LogP contribution is -2.43. The fraction of sp³-hybridized carbons (Fsp3) is 0.650. The standard InChI is InChI=1S/C20H29N3O/c24-20(21-13-15-11-12-23(14-15)18-9-10-18)22-19(17-7-4-8-17)16-5-2-1-3-6-16/h1-3,5-6,15,17-19H,4,7-14H2,(H2,21,22,24)/t15-,19+/m1/s1. The minimum atomic E-state index is 0.000579. The van der Waals surface area contributed by atoms with E-state index < -0.39 is 0 Å². The number of carbonyl (C=O) groups is 1. The molecule has 2 atom stereocenters. The third-order valence-electron chi connectivity index (χ3n) is 6.00. The van der Waals surface area contributed by atoms with E-state index in [0.717, 1.165) is 19.1 Å². The fourth-order valence-corrected chi connectivity index (χ4v) is 4.14. The summed E-state index contributed by atoms with van der Waals surface area (Å²) in [5.41, 5.74) is 1.23. The Morgan fingerprint density at radius 3 is 2.58 bits per heavy atom. The van der Waals surface area contributed by atoms with Gasteiger partial charge in [-0.3, -0.25) is 0 Å². The Kier molecular flexibility index (Phi) is 4.74. The summed E-state index contributed by atoms with van der Waals surface area (Å²) < 4.78 is 0. The molecule has 2 aliphatic carbocycles. The molecule has 0 radical (unpaired) electrons. The maximum atomic E-state index is 12.4. The van der Waals surface area contributed by atoms with E-state index in [0.29, 0.717) is 11.8 Å². The first-order chi connectivity index (χ1) is 11.8. The zero-order valence-electron chi connectivity index (χ0n) is 14.4. The Bertz CT molecular complexity index is 553. The Labute approximate surface area is 145 Å². The van der Waals surface area contributed by atoms with Crippen molar-refractivity contribution in [2.75, 3.05) is 19.6 Å². The molecule has 4 rings (SSSR count). The summed E-state index contributed by atoms with van der Waals surface area (Å²) in [7, 11) is 0. The number of benzene rings is 1. The SMILES string of the molecule is O=C(NC[C@H]1CCN(C2CC2)C1)N[C@@H](c1ccccc1)C1CCC1. The first kappa shape index (κ1) is 15.9. The van der Waals surface area contributed by atoms with Gasteiger partial charge in [0.25, 0.3) is 0 Å². The van der Waals surface area contributed by atoms with Crippen LogP contribution in [-0.2, 0) is 0 Å². The van der Waals surface area contributed by atoms with Gasteiger partial charge >= 0.3 is 6.03 Å². The quantitative estimate of drug-likeness (QED) is 0.842. The maximum Gasteiger partial charge on any atom is 0.315 e. The predicted octanol–water partition coefficient (Wildman–Crippen LogP) is 3.31. The molecule has 3 aliphatic rings. The number of carbonyl (C=O) groups excluding carboxylic acids is 1. The molecular formula is C20H29N3O. The zero-order chi connectivity index (χ0) is 16.4. The summed E-state index contributed by atoms with van der Waals surface area (Å²) >= 11 is 0. The van der Waals surface area contributed by atoms with Crippen LogP contribution in [0.25, 0.3) is 0 Å². The molecule has 4 nitrogen and oxygen atoms in total. The summed E-state index contributed by atoms with van der Waals surface area (Å²) in [6, 6.07) is 11.4. The van der Waals surface area contributed by atoms with Gasteiger partial charge in [-0.2, -0.15) is 0 Å². The van der Waals surface area contributed by atoms with Crippen molar-refractivity contribution in [1.82, 2.24) is 15.5 Å². The van der Waals surface area contributed by atoms with Gasteiger partial charge in [0.2, 0.25) is 0 Å². The molecule has 1 aromatic rings. The van der Waals surface area contributed by atoms with Gasteiger partial charge in [-0.05, 0) is 56.0 Å². The molecule has 1 aromatic carbocycles. The van der Waals surface area contributed by atoms with E-state index >= 15 is 0 Å². The lowest BCUT2D eigenvalue weighted by Gasteiger charge is -2.34. The van der Waals surface area contributed by atoms with Crippen LogP contribution in [-0.4, -0.2) is 36.6 Å². The fourth-order valence-electron chi connectivity index (χ4n) is 4.14. The van der Waals surface area contributed by atoms with Gasteiger partial charge in [-0.15, -0.1) is 0 Å². The zero-order valence-corrected chi connectivity index (χ0v) is 14.4. The van der Waals surface area contributed by atoms with Crippen LogP contribution < -0.4 is 10.6 Å². The largest absolute Gasteiger partial charge is 0.338 e. The first-order valence-corrected chi connectivity index (χ1v) is 9.63. The molecule has 130 valence electrons. The van der Waals surface area contributed by atoms with Crippen LogP contribution in [0.1, 0.15) is 50.1 Å². The van der Waals surface area contributed by atoms with E-state index in [1.165, 1.54) is 50.6 Å². The normalized spacial score (nSPS) is 25.9. The molecule has 1 saturated heterocycles. The van der Waals surface area contributed by atoms with Crippen molar-refractivity contribution in [3.63, 3.8) is 0 Å². The highest BCUT2D eigenvalue weighted by atomic mass is 16.2. The summed E-state index contributed by atoms with van der Waals surface area (Å²) in [5, 5.41) is 6.37. The Morgan fingerprint density at radius 1 is 1.12 bits per heavy atom. The second-order valence-corrected chi connectivity index (χ2v) is 7.81. The molecule has 3 fully saturated rings. The van der Waals surface area contributed by atoms with Crippen molar-refractivity contribution < 1.29 is 4.79 Å². The van der Waals surface area contributed by atoms with Gasteiger partial charge < -0.3 is 15.5 Å². The topological polar surface area (TPSA) is 44.4 Å². The van der Waals surface area contributed by atoms with Gasteiger partial charge in [0.05, 0.1) is 6.04 Å². The van der Waals surface area contributed by atoms with Crippen LogP contribution in [0.4, 0.5) is 4.79 Å². The van der Waals surface area contributed by atoms with Crippen LogP contribution in [0, 0.1) is 11.8 Å². The van der Waals surface area contributed by atoms with Crippen LogP contribution in [0.3, 0.4) is 0 Å². The van der Waals surface area contributed by atoms with E-state index in [9.17, 15) is 4.79 Å². The molecule has 2 amide bonds. The molecule has 4 heteroatoms. The third-order valence-corrected chi connectivity index (χ3v) is 6.00. The summed E-state index contributed by atoms with van der Waals surface area (Å²) in [5.74, 6) is 1.21. The van der Waals surface area contributed by atoms with Gasteiger partial charge in [-0.1, -0.05) is 36.8 Å². The number of hydrogen-bond donors (Lipinski definition) is 2. The lowest BCUT2D eigenvalue weighted by molar-refractivity contribution is 0.206. The second-order valence-electron chi connectivity index (χ2n) is 7.81. The average Bonchev–Trinajstić information content (AvgIpc) is 3.30. The molecule has 24 heavy (non-hydrogen) atoms. The van der Waals surface area contributed by atoms with Crippen molar-refractivity contribution in [3.05, 3.63) is 35.9 Å². The van der Waals surface area contributed by atoms with Crippen molar-refractivity contribution in [1.29, 1.82) is 0 Å². The molecule has 1 heterocycles. The number of rotatable bonds is 6. The van der Waals surface area contributed by atoms with Gasteiger partial charge in [-0.25, -0.2) is 4.79 Å². The number of urea groups is 1. The summed E-state index contributed by atoms with van der Waals surface area (Å²) in [6.07, 6.45) is 7.71. The van der Waals surface area contributed by atoms with Gasteiger partial charge in [0.15, 0.2) is 0 Å². The van der Waals surface area contributed by atoms with Crippen LogP contribution in [0.15, 0.2) is 30.3 Å². The number of likely N-dealkylation sites (tertiary alicyclic amines) is 1. The van der Waals surface area contributed by atoms with Crippen LogP contribution in [0.5, 0.6) is 0 Å². The van der Waals surface area contributed by atoms with Crippen molar-refractivity contribution in [3.8, 4) is 0 Å². The van der Waals surface area contributed by atoms with Crippen LogP contribution >= 0.6 is 0 Å². The molecule has 1 aliphatic heterocycles. The summed E-state index contributed by atoms with van der Waals surface area (Å²) in [6.45, 7) is 3.18. The molecule has 2 N–H and O–H groups in total. The molecule has 0 bridgehead atoms. The minimum Gasteiger partial charge on any atom is -0.338 e. The monoisotopic (exact) mass is 327 g/mol. The Balaban J connectivity index is 1.27. The van der Waals surface area contributed by atoms with Crippen molar-refractivity contribution in [2.24, 2.45) is 11.8 Å². The van der Waals surface area contributed by atoms with E-state index in [4.69, 9.17) is 0 Å². The van der Waals surface area contributed by atoms with Crippen molar-refractivity contribution in [2.45, 2.75) is 50.6 Å². The average molecular weight is 327 g/mol. The maximum absolute atomic E-state index is 12.4. The van der Waals surface area contributed by atoms with E-state index in [2.05, 4.69) is 39.8 Å². The van der Waals surface area contributed by atoms with Crippen LogP contribution in [0.2, 0.25) is 0 Å². The highest BCUT2D eigenvalue weighted by Crippen LogP contribution is 2.37. The summed E-state index contributed by atoms with van der Waals surface area (Å²) in [4.78, 5) is 15.0. The molecular weight excluding hydrogens is 298 g/mol. The van der Waals surface area contributed by atoms with Crippen molar-refractivity contribution >= 4 is 6.03 Å². The molecule has 0 spiro atoms. The first-order valence-electron chi connectivity index (χ1n) is 9.63. The number of nitrogens with one attached hydrogen (secondary N) is 2. The number of nitrogens with zero attached hydrogens (tertiary/aromatic N) is 1.